The number of nitrogens with one attached hydrogen (secondary N) is 1. The molecule has 4 fully saturated rings. The van der Waals surface area contributed by atoms with E-state index in [-0.39, 0.29) is 24.7 Å². The van der Waals surface area contributed by atoms with E-state index < -0.39 is 36.7 Å². The second-order valence-corrected chi connectivity index (χ2v) is 22.9. The molecule has 1 aliphatic heterocycles. The Morgan fingerprint density at radius 1 is 0.681 bits per heavy atom. The average Bonchev–Trinajstić information content (AvgIpc) is 3.76. The molecule has 0 spiro atoms. The molecule has 5 aliphatic rings. The molecule has 0 radical (unpaired) electrons. The van der Waals surface area contributed by atoms with Gasteiger partial charge in [-0.25, -0.2) is 4.79 Å². The van der Waals surface area contributed by atoms with Gasteiger partial charge in [0, 0.05) is 6.42 Å². The highest BCUT2D eigenvalue weighted by Gasteiger charge is 2.59. The molecular formula is C63H83NO8. The zero-order chi connectivity index (χ0) is 50.1. The summed E-state index contributed by atoms with van der Waals surface area (Å²) in [6.45, 7) is 13.9. The summed E-state index contributed by atoms with van der Waals surface area (Å²) in [5, 5.41) is 3.18. The quantitative estimate of drug-likeness (QED) is 0.0825. The molecule has 9 rings (SSSR count). The van der Waals surface area contributed by atoms with Crippen LogP contribution < -0.4 is 10.1 Å². The molecule has 0 unspecified atom stereocenters. The number of hydrogen-bond acceptors (Lipinski definition) is 8. The minimum Gasteiger partial charge on any atom is -0.497 e. The summed E-state index contributed by atoms with van der Waals surface area (Å²) in [5.41, 5.74) is 6.09. The maximum atomic E-state index is 14.4. The standard InChI is InChI=1S/C63H83NO8/c1-43(2)17-16-18-44(3)53-31-32-54-52-30-27-49-37-51(33-35-62(49,4)55(52)34-36-63(53,54)5)71-61(65)64-60-59(70-41-47-23-14-9-15-24-47)58(69-40-46-21-12-8-13-22-46)57(68-39-45-19-10-7-11-20-45)56(72-60)42-67-38-48-25-28-50(66-6)29-26-48/h7-15,19-29,43-44,51-60H,16-18,30-42H2,1-6H3,(H,64,65)/t44-,51+,52+,53-,54+,55+,56-,57-,58+,59-,60-,62+,63-/m1/s1. The van der Waals surface area contributed by atoms with E-state index in [1.165, 1.54) is 50.5 Å². The number of amides is 1. The summed E-state index contributed by atoms with van der Waals surface area (Å²) in [6, 6.07) is 38.1. The molecule has 0 aromatic heterocycles. The van der Waals surface area contributed by atoms with Gasteiger partial charge in [0.15, 0.2) is 6.23 Å². The molecule has 388 valence electrons. The number of methoxy groups -OCH3 is 1. The summed E-state index contributed by atoms with van der Waals surface area (Å²) in [7, 11) is 1.66. The van der Waals surface area contributed by atoms with Gasteiger partial charge in [-0.3, -0.25) is 5.32 Å². The van der Waals surface area contributed by atoms with Gasteiger partial charge < -0.3 is 33.2 Å². The van der Waals surface area contributed by atoms with Crippen LogP contribution in [0, 0.1) is 46.3 Å². The van der Waals surface area contributed by atoms with Gasteiger partial charge in [0.05, 0.1) is 40.1 Å². The van der Waals surface area contributed by atoms with E-state index in [4.69, 9.17) is 33.2 Å². The number of alkyl carbamates (subject to hydrolysis) is 1. The number of hydrogen-bond donors (Lipinski definition) is 1. The lowest BCUT2D eigenvalue weighted by atomic mass is 9.47. The number of carbonyl (C=O) groups is 1. The Morgan fingerprint density at radius 3 is 1.92 bits per heavy atom. The van der Waals surface area contributed by atoms with Crippen molar-refractivity contribution in [1.29, 1.82) is 0 Å². The molecule has 1 amide bonds. The van der Waals surface area contributed by atoms with Crippen LogP contribution in [0.2, 0.25) is 0 Å². The van der Waals surface area contributed by atoms with Crippen molar-refractivity contribution in [3.63, 3.8) is 0 Å². The Kier molecular flexibility index (Phi) is 17.6. The highest BCUT2D eigenvalue weighted by atomic mass is 16.6. The zero-order valence-corrected chi connectivity index (χ0v) is 44.1. The van der Waals surface area contributed by atoms with Crippen LogP contribution in [0.3, 0.4) is 0 Å². The Hall–Kier alpha value is -4.51. The molecule has 0 bridgehead atoms. The van der Waals surface area contributed by atoms with E-state index in [9.17, 15) is 4.79 Å². The molecule has 1 N–H and O–H groups in total. The van der Waals surface area contributed by atoms with Crippen molar-refractivity contribution in [3.05, 3.63) is 149 Å². The lowest BCUT2D eigenvalue weighted by Crippen LogP contribution is -2.65. The van der Waals surface area contributed by atoms with Crippen molar-refractivity contribution in [2.24, 2.45) is 46.3 Å². The number of fused-ring (bicyclic) bond motifs is 5. The van der Waals surface area contributed by atoms with E-state index in [0.29, 0.717) is 31.2 Å². The highest BCUT2D eigenvalue weighted by molar-refractivity contribution is 5.68. The maximum absolute atomic E-state index is 14.4. The van der Waals surface area contributed by atoms with Gasteiger partial charge in [-0.1, -0.05) is 169 Å². The van der Waals surface area contributed by atoms with Gasteiger partial charge >= 0.3 is 6.09 Å². The van der Waals surface area contributed by atoms with Crippen molar-refractivity contribution < 1.29 is 38.0 Å². The highest BCUT2D eigenvalue weighted by Crippen LogP contribution is 2.67. The molecule has 9 heteroatoms. The van der Waals surface area contributed by atoms with Crippen LogP contribution in [0.1, 0.15) is 128 Å². The van der Waals surface area contributed by atoms with Crippen LogP contribution in [0.25, 0.3) is 0 Å². The SMILES string of the molecule is COc1ccc(COC[C@H]2O[C@@H](NC(=O)O[C@H]3CC[C@@]4(C)C(=CC[C@H]5[C@@H]6CC[C@H]([C@H](C)CCCC(C)C)[C@@]6(C)CC[C@@H]54)C3)[C@H](OCc3ccccc3)[C@@H](OCc3ccccc3)[C@@H]2OCc2ccccc2)cc1. The average molecular weight is 982 g/mol. The van der Waals surface area contributed by atoms with Crippen molar-refractivity contribution >= 4 is 6.09 Å². The Bertz CT molecular complexity index is 2330. The minimum absolute atomic E-state index is 0.140. The van der Waals surface area contributed by atoms with E-state index in [1.54, 1.807) is 7.11 Å². The molecule has 3 saturated carbocycles. The fraction of sp³-hybridized carbons (Fsp3) is 0.571. The van der Waals surface area contributed by atoms with Crippen LogP contribution in [-0.2, 0) is 54.8 Å². The first kappa shape index (κ1) is 52.4. The topological polar surface area (TPSA) is 93.7 Å². The third-order valence-corrected chi connectivity index (χ3v) is 18.0. The smallest absolute Gasteiger partial charge is 0.409 e. The Labute approximate surface area is 431 Å². The van der Waals surface area contributed by atoms with Crippen molar-refractivity contribution in [1.82, 2.24) is 5.32 Å². The van der Waals surface area contributed by atoms with Crippen LogP contribution >= 0.6 is 0 Å². The monoisotopic (exact) mass is 982 g/mol. The van der Waals surface area contributed by atoms with Gasteiger partial charge in [-0.2, -0.15) is 0 Å². The summed E-state index contributed by atoms with van der Waals surface area (Å²) in [6.07, 6.45) is 11.4. The van der Waals surface area contributed by atoms with E-state index >= 15 is 0 Å². The molecule has 4 aromatic carbocycles. The van der Waals surface area contributed by atoms with Crippen molar-refractivity contribution in [2.45, 2.75) is 168 Å². The fourth-order valence-corrected chi connectivity index (χ4v) is 14.1. The van der Waals surface area contributed by atoms with Gasteiger partial charge in [0.25, 0.3) is 0 Å². The first-order chi connectivity index (χ1) is 35.0. The number of benzene rings is 4. The molecule has 1 saturated heterocycles. The van der Waals surface area contributed by atoms with Crippen molar-refractivity contribution in [2.75, 3.05) is 13.7 Å². The van der Waals surface area contributed by atoms with E-state index in [2.05, 4.69) is 46.0 Å². The third kappa shape index (κ3) is 12.4. The predicted molar refractivity (Wildman–Crippen MR) is 283 cm³/mol. The first-order valence-electron chi connectivity index (χ1n) is 27.5. The van der Waals surface area contributed by atoms with Crippen molar-refractivity contribution in [3.8, 4) is 5.75 Å². The van der Waals surface area contributed by atoms with Gasteiger partial charge in [-0.15, -0.1) is 0 Å². The minimum atomic E-state index is -0.943. The summed E-state index contributed by atoms with van der Waals surface area (Å²) >= 11 is 0. The molecule has 4 aromatic rings. The third-order valence-electron chi connectivity index (χ3n) is 18.0. The molecular weight excluding hydrogens is 899 g/mol. The summed E-state index contributed by atoms with van der Waals surface area (Å²) in [5.74, 6) is 5.44. The zero-order valence-electron chi connectivity index (χ0n) is 44.1. The largest absolute Gasteiger partial charge is 0.497 e. The predicted octanol–water partition coefficient (Wildman–Crippen LogP) is 13.8. The summed E-state index contributed by atoms with van der Waals surface area (Å²) < 4.78 is 45.9. The second kappa shape index (κ2) is 24.2. The number of allylic oxidation sites excluding steroid dienone is 1. The van der Waals surface area contributed by atoms with E-state index in [1.807, 2.05) is 115 Å². The maximum Gasteiger partial charge on any atom is 0.409 e. The second-order valence-electron chi connectivity index (χ2n) is 22.9. The number of carbonyl (C=O) groups excluding carboxylic acids is 1. The van der Waals surface area contributed by atoms with Crippen LogP contribution in [-0.4, -0.2) is 56.6 Å². The number of ether oxygens (including phenoxy) is 7. The molecule has 13 atom stereocenters. The fourth-order valence-electron chi connectivity index (χ4n) is 14.1. The van der Waals surface area contributed by atoms with E-state index in [0.717, 1.165) is 83.3 Å². The number of rotatable bonds is 21. The lowest BCUT2D eigenvalue weighted by Gasteiger charge is -2.58. The molecule has 4 aliphatic carbocycles. The summed E-state index contributed by atoms with van der Waals surface area (Å²) in [4.78, 5) is 14.4. The normalized spacial score (nSPS) is 31.4. The van der Waals surface area contributed by atoms with Crippen LogP contribution in [0.5, 0.6) is 5.75 Å². The van der Waals surface area contributed by atoms with Crippen LogP contribution in [0.4, 0.5) is 4.79 Å². The van der Waals surface area contributed by atoms with Gasteiger partial charge in [0.1, 0.15) is 36.3 Å². The molecule has 1 heterocycles. The van der Waals surface area contributed by atoms with Crippen LogP contribution in [0.15, 0.2) is 127 Å². The lowest BCUT2D eigenvalue weighted by molar-refractivity contribution is -0.276. The Balaban J connectivity index is 0.924. The molecule has 72 heavy (non-hydrogen) atoms. The first-order valence-corrected chi connectivity index (χ1v) is 27.5. The van der Waals surface area contributed by atoms with Gasteiger partial charge in [-0.05, 0) is 126 Å². The Morgan fingerprint density at radius 2 is 1.29 bits per heavy atom. The molecule has 9 nitrogen and oxygen atoms in total. The van der Waals surface area contributed by atoms with Gasteiger partial charge in [0.2, 0.25) is 0 Å².